The number of azo groups is 1. The van der Waals surface area contributed by atoms with Gasteiger partial charge in [0.1, 0.15) is 0 Å². The van der Waals surface area contributed by atoms with Crippen molar-refractivity contribution in [2.24, 2.45) is 10.2 Å². The molecule has 0 atom stereocenters. The van der Waals surface area contributed by atoms with Crippen molar-refractivity contribution in [3.8, 4) is 5.88 Å². The Morgan fingerprint density at radius 2 is 1.81 bits per heavy atom. The Morgan fingerprint density at radius 3 is 2.62 bits per heavy atom. The molecule has 3 aromatic rings. The molecule has 3 rings (SSSR count). The molecule has 104 valence electrons. The zero-order valence-electron chi connectivity index (χ0n) is 10.7. The highest BCUT2D eigenvalue weighted by atomic mass is 79.9. The summed E-state index contributed by atoms with van der Waals surface area (Å²) in [5, 5.41) is 18.1. The number of aromatic hydroxyl groups is 1. The molecular weight excluding hydrogens is 334 g/mol. The maximum absolute atomic E-state index is 12.0. The number of para-hydroxylation sites is 1. The van der Waals surface area contributed by atoms with Crippen LogP contribution in [-0.2, 0) is 0 Å². The van der Waals surface area contributed by atoms with E-state index in [1.54, 1.807) is 24.3 Å². The van der Waals surface area contributed by atoms with Crippen LogP contribution < -0.4 is 0 Å². The lowest BCUT2D eigenvalue weighted by molar-refractivity contribution is 0.0994. The van der Waals surface area contributed by atoms with Crippen LogP contribution in [0.25, 0.3) is 10.9 Å². The number of H-pyrrole nitrogens is 1. The minimum Gasteiger partial charge on any atom is -0.493 e. The summed E-state index contributed by atoms with van der Waals surface area (Å²) in [6.07, 6.45) is 0. The molecule has 0 unspecified atom stereocenters. The van der Waals surface area contributed by atoms with Gasteiger partial charge in [0.25, 0.3) is 5.91 Å². The number of hydrogen-bond acceptors (Lipinski definition) is 3. The van der Waals surface area contributed by atoms with Crippen LogP contribution in [-0.4, -0.2) is 16.0 Å². The molecule has 6 heteroatoms. The van der Waals surface area contributed by atoms with Crippen molar-refractivity contribution < 1.29 is 9.90 Å². The third-order valence-electron chi connectivity index (χ3n) is 3.00. The molecular formula is C15H10BrN3O2. The van der Waals surface area contributed by atoms with Gasteiger partial charge in [0, 0.05) is 9.86 Å². The Morgan fingerprint density at radius 1 is 1.10 bits per heavy atom. The van der Waals surface area contributed by atoms with Crippen molar-refractivity contribution in [3.05, 3.63) is 58.6 Å². The van der Waals surface area contributed by atoms with Crippen LogP contribution in [0.1, 0.15) is 10.4 Å². The highest BCUT2D eigenvalue weighted by molar-refractivity contribution is 9.10. The van der Waals surface area contributed by atoms with Gasteiger partial charge in [-0.1, -0.05) is 30.3 Å². The van der Waals surface area contributed by atoms with E-state index in [-0.39, 0.29) is 11.6 Å². The molecule has 1 aromatic heterocycles. The fourth-order valence-corrected chi connectivity index (χ4v) is 2.45. The normalized spacial score (nSPS) is 11.3. The number of hydrogen-bond donors (Lipinski definition) is 2. The average Bonchev–Trinajstić information content (AvgIpc) is 2.81. The Balaban J connectivity index is 1.97. The number of aromatic amines is 1. The second-order valence-corrected chi connectivity index (χ2v) is 5.21. The Hall–Kier alpha value is -2.47. The molecule has 0 aliphatic rings. The predicted molar refractivity (Wildman–Crippen MR) is 83.0 cm³/mol. The second-order valence-electron chi connectivity index (χ2n) is 4.35. The predicted octanol–water partition coefficient (Wildman–Crippen LogP) is 4.56. The highest BCUT2D eigenvalue weighted by Crippen LogP contribution is 2.35. The Kier molecular flexibility index (Phi) is 3.53. The van der Waals surface area contributed by atoms with Crippen LogP contribution in [0, 0.1) is 0 Å². The molecule has 0 aliphatic carbocycles. The smallest absolute Gasteiger partial charge is 0.296 e. The number of rotatable bonds is 2. The lowest BCUT2D eigenvalue weighted by Gasteiger charge is -1.97. The average molecular weight is 344 g/mol. The van der Waals surface area contributed by atoms with Gasteiger partial charge in [-0.25, -0.2) is 0 Å². The van der Waals surface area contributed by atoms with E-state index in [4.69, 9.17) is 0 Å². The van der Waals surface area contributed by atoms with Crippen LogP contribution in [0.4, 0.5) is 5.69 Å². The summed E-state index contributed by atoms with van der Waals surface area (Å²) < 4.78 is 0.650. The maximum Gasteiger partial charge on any atom is 0.296 e. The van der Waals surface area contributed by atoms with E-state index < -0.39 is 5.91 Å². The van der Waals surface area contributed by atoms with E-state index in [1.807, 2.05) is 24.3 Å². The van der Waals surface area contributed by atoms with Crippen molar-refractivity contribution in [2.75, 3.05) is 0 Å². The minimum atomic E-state index is -0.479. The summed E-state index contributed by atoms with van der Waals surface area (Å²) in [4.78, 5) is 14.8. The molecule has 0 bridgehead atoms. The summed E-state index contributed by atoms with van der Waals surface area (Å²) in [5.74, 6) is -0.591. The van der Waals surface area contributed by atoms with E-state index in [0.717, 1.165) is 5.52 Å². The van der Waals surface area contributed by atoms with Crippen molar-refractivity contribution in [1.82, 2.24) is 4.98 Å². The van der Waals surface area contributed by atoms with Crippen LogP contribution in [0.15, 0.2) is 63.2 Å². The number of halogens is 1. The van der Waals surface area contributed by atoms with Crippen molar-refractivity contribution in [3.63, 3.8) is 0 Å². The Labute approximate surface area is 128 Å². The van der Waals surface area contributed by atoms with Gasteiger partial charge in [-0.2, -0.15) is 0 Å². The fourth-order valence-electron chi connectivity index (χ4n) is 2.00. The number of nitrogens with zero attached hydrogens (tertiary/aromatic N) is 2. The fraction of sp³-hybridized carbons (Fsp3) is 0. The molecule has 0 fully saturated rings. The topological polar surface area (TPSA) is 77.8 Å². The second kappa shape index (κ2) is 5.49. The minimum absolute atomic E-state index is 0.111. The van der Waals surface area contributed by atoms with Gasteiger partial charge in [-0.3, -0.25) is 4.79 Å². The summed E-state index contributed by atoms with van der Waals surface area (Å²) >= 11 is 3.29. The first kappa shape index (κ1) is 13.5. The molecule has 21 heavy (non-hydrogen) atoms. The molecule has 5 nitrogen and oxygen atoms in total. The van der Waals surface area contributed by atoms with Crippen LogP contribution in [0.2, 0.25) is 0 Å². The van der Waals surface area contributed by atoms with Crippen molar-refractivity contribution >= 4 is 38.4 Å². The number of nitrogens with one attached hydrogen (secondary N) is 1. The summed E-state index contributed by atoms with van der Waals surface area (Å²) in [5.41, 5.74) is 1.41. The molecule has 0 saturated heterocycles. The van der Waals surface area contributed by atoms with E-state index in [0.29, 0.717) is 15.4 Å². The molecule has 0 spiro atoms. The van der Waals surface area contributed by atoms with Crippen LogP contribution >= 0.6 is 15.9 Å². The standard InChI is InChI=1S/C15H10BrN3O2/c16-11-7-3-1-5-9(11)14(20)19-18-13-10-6-2-4-8-12(10)17-15(13)21/h1-8,17,21H. The Bertz CT molecular complexity index is 855. The van der Waals surface area contributed by atoms with Gasteiger partial charge < -0.3 is 10.1 Å². The van der Waals surface area contributed by atoms with E-state index in [1.165, 1.54) is 0 Å². The molecule has 0 saturated carbocycles. The highest BCUT2D eigenvalue weighted by Gasteiger charge is 2.12. The van der Waals surface area contributed by atoms with Crippen LogP contribution in [0.3, 0.4) is 0 Å². The monoisotopic (exact) mass is 343 g/mol. The lowest BCUT2D eigenvalue weighted by Crippen LogP contribution is -1.94. The zero-order valence-corrected chi connectivity index (χ0v) is 12.3. The third kappa shape index (κ3) is 2.57. The van der Waals surface area contributed by atoms with Gasteiger partial charge in [0.05, 0.1) is 11.1 Å². The van der Waals surface area contributed by atoms with Gasteiger partial charge in [0.15, 0.2) is 5.69 Å². The third-order valence-corrected chi connectivity index (χ3v) is 3.70. The van der Waals surface area contributed by atoms with Gasteiger partial charge in [0.2, 0.25) is 5.88 Å². The van der Waals surface area contributed by atoms with Crippen LogP contribution in [0.5, 0.6) is 5.88 Å². The lowest BCUT2D eigenvalue weighted by atomic mass is 10.2. The summed E-state index contributed by atoms with van der Waals surface area (Å²) in [7, 11) is 0. The first-order valence-electron chi connectivity index (χ1n) is 6.17. The number of carbonyl (C=O) groups is 1. The zero-order chi connectivity index (χ0) is 14.8. The van der Waals surface area contributed by atoms with E-state index >= 15 is 0 Å². The number of fused-ring (bicyclic) bond motifs is 1. The molecule has 1 amide bonds. The number of aromatic nitrogens is 1. The van der Waals surface area contributed by atoms with Gasteiger partial charge in [-0.05, 0) is 34.1 Å². The van der Waals surface area contributed by atoms with Crippen molar-refractivity contribution in [1.29, 1.82) is 0 Å². The van der Waals surface area contributed by atoms with E-state index in [9.17, 15) is 9.90 Å². The number of benzene rings is 2. The first-order chi connectivity index (χ1) is 10.2. The SMILES string of the molecule is O=C(N=Nc1c(O)[nH]c2ccccc12)c1ccccc1Br. The molecule has 2 aromatic carbocycles. The molecule has 0 aliphatic heterocycles. The summed E-state index contributed by atoms with van der Waals surface area (Å²) in [6, 6.07) is 14.2. The first-order valence-corrected chi connectivity index (χ1v) is 6.96. The molecule has 0 radical (unpaired) electrons. The molecule has 1 heterocycles. The van der Waals surface area contributed by atoms with Crippen molar-refractivity contribution in [2.45, 2.75) is 0 Å². The maximum atomic E-state index is 12.0. The van der Waals surface area contributed by atoms with Gasteiger partial charge >= 0.3 is 0 Å². The van der Waals surface area contributed by atoms with E-state index in [2.05, 4.69) is 31.1 Å². The van der Waals surface area contributed by atoms with Gasteiger partial charge in [-0.15, -0.1) is 10.2 Å². The number of carbonyl (C=O) groups excluding carboxylic acids is 1. The summed E-state index contributed by atoms with van der Waals surface area (Å²) in [6.45, 7) is 0. The number of amides is 1. The largest absolute Gasteiger partial charge is 0.493 e. The quantitative estimate of drug-likeness (QED) is 0.669. The molecule has 2 N–H and O–H groups in total.